The van der Waals surface area contributed by atoms with Crippen molar-refractivity contribution in [3.8, 4) is 0 Å². The summed E-state index contributed by atoms with van der Waals surface area (Å²) in [7, 11) is -3.01. The van der Waals surface area contributed by atoms with Crippen LogP contribution in [0.5, 0.6) is 0 Å². The molecule has 3 heterocycles. The quantitative estimate of drug-likeness (QED) is 0.731. The Morgan fingerprint density at radius 1 is 1.23 bits per heavy atom. The summed E-state index contributed by atoms with van der Waals surface area (Å²) in [5.74, 6) is 0.00319. The first-order valence-electron chi connectivity index (χ1n) is 8.64. The number of hydrogen-bond donors (Lipinski definition) is 1. The molecular weight excluding hydrogens is 368 g/mol. The van der Waals surface area contributed by atoms with E-state index in [4.69, 9.17) is 0 Å². The van der Waals surface area contributed by atoms with E-state index in [0.717, 1.165) is 16.6 Å². The minimum atomic E-state index is -3.01. The van der Waals surface area contributed by atoms with Crippen LogP contribution in [0.3, 0.4) is 0 Å². The summed E-state index contributed by atoms with van der Waals surface area (Å²) >= 11 is 1.61. The number of aromatic nitrogens is 1. The standard InChI is InChI=1S/C19H20N2O3S2/c22-19(20-15-8-11-26(23,24)13-15)17-12-18-16(7-10-25-18)21(17)9-6-14-4-2-1-3-5-14/h1-5,7,10,12,15H,6,8-9,11,13H2,(H,20,22). The molecule has 1 aliphatic rings. The molecule has 0 spiro atoms. The van der Waals surface area contributed by atoms with Crippen molar-refractivity contribution >= 4 is 37.3 Å². The van der Waals surface area contributed by atoms with Gasteiger partial charge in [0.25, 0.3) is 5.91 Å². The zero-order chi connectivity index (χ0) is 18.1. The molecule has 0 aliphatic carbocycles. The first-order chi connectivity index (χ1) is 12.5. The van der Waals surface area contributed by atoms with Crippen LogP contribution in [-0.2, 0) is 22.8 Å². The lowest BCUT2D eigenvalue weighted by Crippen LogP contribution is -2.36. The molecule has 1 unspecified atom stereocenters. The topological polar surface area (TPSA) is 68.2 Å². The Kier molecular flexibility index (Phi) is 4.58. The van der Waals surface area contributed by atoms with E-state index >= 15 is 0 Å². The maximum Gasteiger partial charge on any atom is 0.268 e. The predicted octanol–water partition coefficient (Wildman–Crippen LogP) is 2.86. The van der Waals surface area contributed by atoms with E-state index in [1.807, 2.05) is 40.3 Å². The number of benzene rings is 1. The second-order valence-corrected chi connectivity index (χ2v) is 9.84. The number of fused-ring (bicyclic) bond motifs is 1. The minimum Gasteiger partial charge on any atom is -0.347 e. The molecule has 1 atom stereocenters. The SMILES string of the molecule is O=C(NC1CCS(=O)(=O)C1)c1cc2sccc2n1CCc1ccccc1. The molecule has 2 aromatic heterocycles. The summed E-state index contributed by atoms with van der Waals surface area (Å²) < 4.78 is 26.4. The fraction of sp³-hybridized carbons (Fsp3) is 0.316. The number of hydrogen-bond acceptors (Lipinski definition) is 4. The average Bonchev–Trinajstić information content (AvgIpc) is 3.28. The maximum atomic E-state index is 12.8. The van der Waals surface area contributed by atoms with E-state index in [-0.39, 0.29) is 23.5 Å². The van der Waals surface area contributed by atoms with Gasteiger partial charge in [-0.05, 0) is 35.9 Å². The van der Waals surface area contributed by atoms with Crippen molar-refractivity contribution in [3.05, 3.63) is 59.1 Å². The minimum absolute atomic E-state index is 0.0395. The molecule has 5 nitrogen and oxygen atoms in total. The Balaban J connectivity index is 1.56. The van der Waals surface area contributed by atoms with Crippen molar-refractivity contribution in [1.82, 2.24) is 9.88 Å². The Labute approximate surface area is 156 Å². The van der Waals surface area contributed by atoms with Gasteiger partial charge < -0.3 is 9.88 Å². The van der Waals surface area contributed by atoms with Crippen LogP contribution >= 0.6 is 11.3 Å². The number of sulfone groups is 1. The van der Waals surface area contributed by atoms with Gasteiger partial charge in [0.2, 0.25) is 0 Å². The van der Waals surface area contributed by atoms with Gasteiger partial charge in [0.15, 0.2) is 9.84 Å². The molecule has 1 saturated heterocycles. The molecule has 0 saturated carbocycles. The summed E-state index contributed by atoms with van der Waals surface area (Å²) in [6, 6.07) is 13.8. The highest BCUT2D eigenvalue weighted by Gasteiger charge is 2.30. The van der Waals surface area contributed by atoms with E-state index in [0.29, 0.717) is 18.7 Å². The molecule has 136 valence electrons. The van der Waals surface area contributed by atoms with Gasteiger partial charge in [-0.15, -0.1) is 11.3 Å². The van der Waals surface area contributed by atoms with Crippen molar-refractivity contribution in [2.24, 2.45) is 0 Å². The Bertz CT molecular complexity index is 1040. The van der Waals surface area contributed by atoms with Crippen LogP contribution in [0.15, 0.2) is 47.8 Å². The molecule has 26 heavy (non-hydrogen) atoms. The number of carbonyl (C=O) groups is 1. The second-order valence-electron chi connectivity index (χ2n) is 6.66. The lowest BCUT2D eigenvalue weighted by molar-refractivity contribution is 0.0932. The zero-order valence-electron chi connectivity index (χ0n) is 14.2. The number of amides is 1. The predicted molar refractivity (Wildman–Crippen MR) is 104 cm³/mol. The van der Waals surface area contributed by atoms with E-state index in [1.54, 1.807) is 11.3 Å². The molecule has 3 aromatic rings. The molecule has 1 amide bonds. The van der Waals surface area contributed by atoms with Crippen molar-refractivity contribution in [2.45, 2.75) is 25.4 Å². The average molecular weight is 389 g/mol. The first kappa shape index (κ1) is 17.3. The summed E-state index contributed by atoms with van der Waals surface area (Å²) in [5, 5.41) is 4.93. The summed E-state index contributed by atoms with van der Waals surface area (Å²) in [4.78, 5) is 12.8. The van der Waals surface area contributed by atoms with Crippen LogP contribution in [0.4, 0.5) is 0 Å². The molecule has 1 aliphatic heterocycles. The largest absolute Gasteiger partial charge is 0.347 e. The highest BCUT2D eigenvalue weighted by molar-refractivity contribution is 7.91. The smallest absolute Gasteiger partial charge is 0.268 e. The van der Waals surface area contributed by atoms with Gasteiger partial charge in [-0.3, -0.25) is 4.79 Å². The molecule has 1 N–H and O–H groups in total. The van der Waals surface area contributed by atoms with Gasteiger partial charge in [-0.25, -0.2) is 8.42 Å². The van der Waals surface area contributed by atoms with E-state index in [2.05, 4.69) is 17.4 Å². The van der Waals surface area contributed by atoms with Gasteiger partial charge in [0, 0.05) is 12.6 Å². The van der Waals surface area contributed by atoms with Crippen molar-refractivity contribution < 1.29 is 13.2 Å². The Hall–Kier alpha value is -2.12. The summed E-state index contributed by atoms with van der Waals surface area (Å²) in [5.41, 5.74) is 2.88. The van der Waals surface area contributed by atoms with Crippen LogP contribution in [0.1, 0.15) is 22.5 Å². The van der Waals surface area contributed by atoms with Crippen LogP contribution in [0.2, 0.25) is 0 Å². The van der Waals surface area contributed by atoms with Gasteiger partial charge in [-0.2, -0.15) is 0 Å². The fourth-order valence-corrected chi connectivity index (χ4v) is 5.96. The fourth-order valence-electron chi connectivity index (χ4n) is 3.46. The maximum absolute atomic E-state index is 12.8. The Morgan fingerprint density at radius 3 is 2.77 bits per heavy atom. The Morgan fingerprint density at radius 2 is 2.04 bits per heavy atom. The monoisotopic (exact) mass is 388 g/mol. The third-order valence-electron chi connectivity index (χ3n) is 4.79. The van der Waals surface area contributed by atoms with Gasteiger partial charge in [0.1, 0.15) is 5.69 Å². The molecule has 7 heteroatoms. The second kappa shape index (κ2) is 6.89. The summed E-state index contributed by atoms with van der Waals surface area (Å²) in [6.07, 6.45) is 1.33. The van der Waals surface area contributed by atoms with E-state index in [9.17, 15) is 13.2 Å². The normalized spacial score (nSPS) is 19.0. The number of aryl methyl sites for hydroxylation is 2. The van der Waals surface area contributed by atoms with E-state index in [1.165, 1.54) is 5.56 Å². The van der Waals surface area contributed by atoms with Crippen LogP contribution in [0, 0.1) is 0 Å². The first-order valence-corrected chi connectivity index (χ1v) is 11.3. The number of nitrogens with zero attached hydrogens (tertiary/aromatic N) is 1. The van der Waals surface area contributed by atoms with Crippen LogP contribution < -0.4 is 5.32 Å². The van der Waals surface area contributed by atoms with Gasteiger partial charge in [-0.1, -0.05) is 30.3 Å². The van der Waals surface area contributed by atoms with Gasteiger partial charge in [0.05, 0.1) is 21.7 Å². The third-order valence-corrected chi connectivity index (χ3v) is 7.41. The number of carbonyl (C=O) groups excluding carboxylic acids is 1. The highest BCUT2D eigenvalue weighted by atomic mass is 32.2. The van der Waals surface area contributed by atoms with Crippen LogP contribution in [-0.4, -0.2) is 36.4 Å². The number of thiophene rings is 1. The highest BCUT2D eigenvalue weighted by Crippen LogP contribution is 2.26. The number of nitrogens with one attached hydrogen (secondary N) is 1. The van der Waals surface area contributed by atoms with Crippen molar-refractivity contribution in [2.75, 3.05) is 11.5 Å². The van der Waals surface area contributed by atoms with Crippen molar-refractivity contribution in [1.29, 1.82) is 0 Å². The van der Waals surface area contributed by atoms with Crippen molar-refractivity contribution in [3.63, 3.8) is 0 Å². The van der Waals surface area contributed by atoms with Gasteiger partial charge >= 0.3 is 0 Å². The third kappa shape index (κ3) is 3.54. The van der Waals surface area contributed by atoms with E-state index < -0.39 is 9.84 Å². The van der Waals surface area contributed by atoms with Crippen LogP contribution in [0.25, 0.3) is 10.2 Å². The molecular formula is C19H20N2O3S2. The molecule has 1 aromatic carbocycles. The molecule has 0 bridgehead atoms. The zero-order valence-corrected chi connectivity index (χ0v) is 15.9. The number of rotatable bonds is 5. The lowest BCUT2D eigenvalue weighted by Gasteiger charge is -2.14. The molecule has 1 fully saturated rings. The molecule has 0 radical (unpaired) electrons. The summed E-state index contributed by atoms with van der Waals surface area (Å²) in [6.45, 7) is 0.704. The lowest BCUT2D eigenvalue weighted by atomic mass is 10.1. The molecule has 4 rings (SSSR count).